The lowest BCUT2D eigenvalue weighted by molar-refractivity contribution is 0.0645. The minimum absolute atomic E-state index is 0.174. The van der Waals surface area contributed by atoms with Gasteiger partial charge >= 0.3 is 0 Å². The molecule has 0 saturated carbocycles. The van der Waals surface area contributed by atoms with Gasteiger partial charge in [-0.3, -0.25) is 4.79 Å². The summed E-state index contributed by atoms with van der Waals surface area (Å²) in [7, 11) is 0. The highest BCUT2D eigenvalue weighted by atomic mass is 32.1. The predicted molar refractivity (Wildman–Crippen MR) is 91.1 cm³/mol. The van der Waals surface area contributed by atoms with Crippen LogP contribution in [0.25, 0.3) is 0 Å². The topological polar surface area (TPSA) is 32.3 Å². The second kappa shape index (κ2) is 7.07. The van der Waals surface area contributed by atoms with Gasteiger partial charge in [0.2, 0.25) is 0 Å². The van der Waals surface area contributed by atoms with Crippen LogP contribution in [0.2, 0.25) is 0 Å². The van der Waals surface area contributed by atoms with E-state index in [0.29, 0.717) is 12.0 Å². The summed E-state index contributed by atoms with van der Waals surface area (Å²) in [6, 6.07) is 14.7. The summed E-state index contributed by atoms with van der Waals surface area (Å²) in [4.78, 5) is 15.4. The molecule has 3 rings (SSSR count). The summed E-state index contributed by atoms with van der Waals surface area (Å²) >= 11 is 1.53. The van der Waals surface area contributed by atoms with Gasteiger partial charge in [0.15, 0.2) is 0 Å². The third-order valence-electron chi connectivity index (χ3n) is 4.12. The van der Waals surface area contributed by atoms with E-state index >= 15 is 0 Å². The molecule has 1 aromatic carbocycles. The van der Waals surface area contributed by atoms with E-state index in [0.717, 1.165) is 30.9 Å². The fraction of sp³-hybridized carbons (Fsp3) is 0.389. The van der Waals surface area contributed by atoms with Crippen LogP contribution in [-0.2, 0) is 6.54 Å². The lowest BCUT2D eigenvalue weighted by atomic mass is 9.95. The number of piperidine rings is 1. The fourth-order valence-corrected chi connectivity index (χ4v) is 3.77. The zero-order valence-corrected chi connectivity index (χ0v) is 13.7. The zero-order valence-electron chi connectivity index (χ0n) is 12.9. The third kappa shape index (κ3) is 3.76. The summed E-state index contributed by atoms with van der Waals surface area (Å²) in [5.74, 6) is 0.707. The Morgan fingerprint density at radius 1 is 1.23 bits per heavy atom. The molecular formula is C18H22N2OS. The van der Waals surface area contributed by atoms with Crippen LogP contribution in [0.4, 0.5) is 0 Å². The van der Waals surface area contributed by atoms with Gasteiger partial charge in [-0.1, -0.05) is 43.3 Å². The maximum Gasteiger partial charge on any atom is 0.263 e. The van der Waals surface area contributed by atoms with E-state index < -0.39 is 0 Å². The van der Waals surface area contributed by atoms with Crippen molar-refractivity contribution in [2.45, 2.75) is 25.9 Å². The molecule has 2 aromatic rings. The number of nitrogens with one attached hydrogen (secondary N) is 1. The molecule has 3 nitrogen and oxygen atoms in total. The first kappa shape index (κ1) is 15.3. The predicted octanol–water partition coefficient (Wildman–Crippen LogP) is 3.39. The normalized spacial score (nSPS) is 21.8. The smallest absolute Gasteiger partial charge is 0.263 e. The van der Waals surface area contributed by atoms with Crippen LogP contribution in [0, 0.1) is 5.92 Å². The summed E-state index contributed by atoms with van der Waals surface area (Å²) in [5.41, 5.74) is 1.29. The minimum atomic E-state index is 0.174. The van der Waals surface area contributed by atoms with Crippen LogP contribution in [0.15, 0.2) is 47.8 Å². The number of carbonyl (C=O) groups is 1. The van der Waals surface area contributed by atoms with Gasteiger partial charge in [0, 0.05) is 25.7 Å². The van der Waals surface area contributed by atoms with Crippen molar-refractivity contribution in [3.63, 3.8) is 0 Å². The maximum absolute atomic E-state index is 12.5. The summed E-state index contributed by atoms with van der Waals surface area (Å²) in [6.07, 6.45) is 1.13. The molecule has 2 unspecified atom stereocenters. The SMILES string of the molecule is CC1CC(NCc2ccccc2)CN(C(=O)c2cccs2)C1. The van der Waals surface area contributed by atoms with Gasteiger partial charge in [-0.25, -0.2) is 0 Å². The zero-order chi connectivity index (χ0) is 15.4. The van der Waals surface area contributed by atoms with Crippen molar-refractivity contribution in [1.82, 2.24) is 10.2 Å². The van der Waals surface area contributed by atoms with Crippen molar-refractivity contribution in [3.05, 3.63) is 58.3 Å². The molecule has 1 aromatic heterocycles. The summed E-state index contributed by atoms with van der Waals surface area (Å²) in [6.45, 7) is 4.75. The van der Waals surface area contributed by atoms with E-state index in [9.17, 15) is 4.79 Å². The quantitative estimate of drug-likeness (QED) is 0.938. The van der Waals surface area contributed by atoms with Crippen LogP contribution in [-0.4, -0.2) is 29.9 Å². The number of hydrogen-bond acceptors (Lipinski definition) is 3. The van der Waals surface area contributed by atoms with Gasteiger partial charge in [0.1, 0.15) is 0 Å². The van der Waals surface area contributed by atoms with E-state index in [4.69, 9.17) is 0 Å². The first-order valence-corrected chi connectivity index (χ1v) is 8.70. The molecule has 1 aliphatic heterocycles. The lowest BCUT2D eigenvalue weighted by Crippen LogP contribution is -2.50. The number of rotatable bonds is 4. The molecule has 22 heavy (non-hydrogen) atoms. The van der Waals surface area contributed by atoms with E-state index in [1.807, 2.05) is 28.5 Å². The highest BCUT2D eigenvalue weighted by Gasteiger charge is 2.28. The van der Waals surface area contributed by atoms with Gasteiger partial charge in [0.05, 0.1) is 4.88 Å². The molecule has 2 heterocycles. The van der Waals surface area contributed by atoms with Crippen LogP contribution >= 0.6 is 11.3 Å². The first-order chi connectivity index (χ1) is 10.7. The van der Waals surface area contributed by atoms with Crippen molar-refractivity contribution in [2.75, 3.05) is 13.1 Å². The number of amides is 1. The molecule has 116 valence electrons. The Balaban J connectivity index is 1.60. The second-order valence-electron chi connectivity index (χ2n) is 6.09. The molecule has 2 atom stereocenters. The van der Waals surface area contributed by atoms with Crippen LogP contribution in [0.5, 0.6) is 0 Å². The number of nitrogens with zero attached hydrogens (tertiary/aromatic N) is 1. The number of benzene rings is 1. The average molecular weight is 314 g/mol. The van der Waals surface area contributed by atoms with Crippen molar-refractivity contribution in [3.8, 4) is 0 Å². The van der Waals surface area contributed by atoms with Crippen molar-refractivity contribution < 1.29 is 4.79 Å². The average Bonchev–Trinajstić information content (AvgIpc) is 3.07. The Labute approximate surface area is 136 Å². The number of likely N-dealkylation sites (tertiary alicyclic amines) is 1. The highest BCUT2D eigenvalue weighted by Crippen LogP contribution is 2.20. The molecular weight excluding hydrogens is 292 g/mol. The lowest BCUT2D eigenvalue weighted by Gasteiger charge is -2.36. The van der Waals surface area contributed by atoms with Crippen LogP contribution in [0.1, 0.15) is 28.6 Å². The Kier molecular flexibility index (Phi) is 4.90. The summed E-state index contributed by atoms with van der Waals surface area (Å²) in [5, 5.41) is 5.57. The monoisotopic (exact) mass is 314 g/mol. The number of hydrogen-bond donors (Lipinski definition) is 1. The number of carbonyl (C=O) groups excluding carboxylic acids is 1. The standard InChI is InChI=1S/C18H22N2OS/c1-14-10-16(19-11-15-6-3-2-4-7-15)13-20(12-14)18(21)17-8-5-9-22-17/h2-9,14,16,19H,10-13H2,1H3. The highest BCUT2D eigenvalue weighted by molar-refractivity contribution is 7.12. The van der Waals surface area contributed by atoms with E-state index in [2.05, 4.69) is 36.5 Å². The molecule has 0 radical (unpaired) electrons. The van der Waals surface area contributed by atoms with Crippen LogP contribution < -0.4 is 5.32 Å². The molecule has 0 aliphatic carbocycles. The largest absolute Gasteiger partial charge is 0.336 e. The van der Waals surface area contributed by atoms with Gasteiger partial charge in [-0.15, -0.1) is 11.3 Å². The molecule has 0 spiro atoms. The molecule has 4 heteroatoms. The number of thiophene rings is 1. The fourth-order valence-electron chi connectivity index (χ4n) is 3.08. The Bertz CT molecular complexity index is 597. The molecule has 1 saturated heterocycles. The molecule has 1 N–H and O–H groups in total. The second-order valence-corrected chi connectivity index (χ2v) is 7.04. The van der Waals surface area contributed by atoms with E-state index in [1.54, 1.807) is 0 Å². The molecule has 0 bridgehead atoms. The maximum atomic E-state index is 12.5. The van der Waals surface area contributed by atoms with E-state index in [1.165, 1.54) is 16.9 Å². The first-order valence-electron chi connectivity index (χ1n) is 7.82. The Morgan fingerprint density at radius 3 is 2.77 bits per heavy atom. The van der Waals surface area contributed by atoms with Crippen molar-refractivity contribution >= 4 is 17.2 Å². The summed E-state index contributed by atoms with van der Waals surface area (Å²) < 4.78 is 0. The molecule has 1 fully saturated rings. The van der Waals surface area contributed by atoms with E-state index in [-0.39, 0.29) is 5.91 Å². The van der Waals surface area contributed by atoms with Gasteiger partial charge in [-0.2, -0.15) is 0 Å². The van der Waals surface area contributed by atoms with Gasteiger partial charge < -0.3 is 10.2 Å². The van der Waals surface area contributed by atoms with Gasteiger partial charge in [-0.05, 0) is 29.3 Å². The Morgan fingerprint density at radius 2 is 2.05 bits per heavy atom. The minimum Gasteiger partial charge on any atom is -0.336 e. The van der Waals surface area contributed by atoms with Crippen LogP contribution in [0.3, 0.4) is 0 Å². The molecule has 1 aliphatic rings. The van der Waals surface area contributed by atoms with Crippen molar-refractivity contribution in [2.24, 2.45) is 5.92 Å². The third-order valence-corrected chi connectivity index (χ3v) is 4.97. The molecule has 1 amide bonds. The Hall–Kier alpha value is -1.65. The van der Waals surface area contributed by atoms with Crippen molar-refractivity contribution in [1.29, 1.82) is 0 Å². The van der Waals surface area contributed by atoms with Gasteiger partial charge in [0.25, 0.3) is 5.91 Å².